The van der Waals surface area contributed by atoms with E-state index in [1.165, 1.54) is 22.3 Å². The highest BCUT2D eigenvalue weighted by Gasteiger charge is 2.08. The van der Waals surface area contributed by atoms with Crippen LogP contribution in [0.3, 0.4) is 0 Å². The molecule has 0 amide bonds. The molecular formula is C24H19N. The number of benzene rings is 4. The van der Waals surface area contributed by atoms with E-state index in [-0.39, 0.29) is 0 Å². The molecule has 0 saturated heterocycles. The third-order valence-electron chi connectivity index (χ3n) is 4.42. The van der Waals surface area contributed by atoms with Crippen molar-refractivity contribution in [3.8, 4) is 33.4 Å². The molecule has 0 atom stereocenters. The van der Waals surface area contributed by atoms with Crippen LogP contribution in [0.2, 0.25) is 0 Å². The predicted molar refractivity (Wildman–Crippen MR) is 107 cm³/mol. The van der Waals surface area contributed by atoms with Gasteiger partial charge in [-0.2, -0.15) is 0 Å². The van der Waals surface area contributed by atoms with Gasteiger partial charge in [0.05, 0.1) is 0 Å². The maximum absolute atomic E-state index is 6.23. The SMILES string of the molecule is Nc1ccccc1-c1cc(-c2ccccc2)cc(-c2ccccc2)c1. The van der Waals surface area contributed by atoms with Gasteiger partial charge in [-0.25, -0.2) is 0 Å². The van der Waals surface area contributed by atoms with Gasteiger partial charge in [-0.1, -0.05) is 78.9 Å². The van der Waals surface area contributed by atoms with E-state index in [0.717, 1.165) is 16.8 Å². The van der Waals surface area contributed by atoms with E-state index in [1.54, 1.807) is 0 Å². The Morgan fingerprint density at radius 3 is 1.36 bits per heavy atom. The minimum absolute atomic E-state index is 0.798. The molecule has 1 nitrogen and oxygen atoms in total. The van der Waals surface area contributed by atoms with Crippen LogP contribution in [0, 0.1) is 0 Å². The fourth-order valence-electron chi connectivity index (χ4n) is 3.14. The predicted octanol–water partition coefficient (Wildman–Crippen LogP) is 6.27. The molecule has 4 aromatic rings. The van der Waals surface area contributed by atoms with Gasteiger partial charge in [-0.15, -0.1) is 0 Å². The first-order valence-electron chi connectivity index (χ1n) is 8.42. The first kappa shape index (κ1) is 15.2. The van der Waals surface area contributed by atoms with Gasteiger partial charge in [0.25, 0.3) is 0 Å². The van der Waals surface area contributed by atoms with Crippen molar-refractivity contribution < 1.29 is 0 Å². The average Bonchev–Trinajstić information content (AvgIpc) is 2.69. The molecule has 0 fully saturated rings. The normalized spacial score (nSPS) is 10.6. The Morgan fingerprint density at radius 1 is 0.400 bits per heavy atom. The lowest BCUT2D eigenvalue weighted by Gasteiger charge is -2.12. The molecule has 120 valence electrons. The van der Waals surface area contributed by atoms with Gasteiger partial charge in [0.1, 0.15) is 0 Å². The summed E-state index contributed by atoms with van der Waals surface area (Å²) in [4.78, 5) is 0. The topological polar surface area (TPSA) is 26.0 Å². The molecule has 25 heavy (non-hydrogen) atoms. The van der Waals surface area contributed by atoms with Gasteiger partial charge in [-0.3, -0.25) is 0 Å². The first-order valence-corrected chi connectivity index (χ1v) is 8.42. The second-order valence-corrected chi connectivity index (χ2v) is 6.12. The molecule has 4 aromatic carbocycles. The van der Waals surface area contributed by atoms with E-state index < -0.39 is 0 Å². The monoisotopic (exact) mass is 321 g/mol. The summed E-state index contributed by atoms with van der Waals surface area (Å²) < 4.78 is 0. The molecule has 0 saturated carbocycles. The van der Waals surface area contributed by atoms with Crippen LogP contribution < -0.4 is 5.73 Å². The molecule has 0 heterocycles. The van der Waals surface area contributed by atoms with Crippen LogP contribution in [0.5, 0.6) is 0 Å². The van der Waals surface area contributed by atoms with E-state index in [0.29, 0.717) is 0 Å². The van der Waals surface area contributed by atoms with Crippen molar-refractivity contribution in [2.24, 2.45) is 0 Å². The first-order chi connectivity index (χ1) is 12.3. The van der Waals surface area contributed by atoms with Crippen LogP contribution in [0.25, 0.3) is 33.4 Å². The number of hydrogen-bond acceptors (Lipinski definition) is 1. The Morgan fingerprint density at radius 2 is 0.840 bits per heavy atom. The van der Waals surface area contributed by atoms with Crippen LogP contribution in [-0.4, -0.2) is 0 Å². The van der Waals surface area contributed by atoms with Crippen LogP contribution in [0.15, 0.2) is 103 Å². The molecule has 0 unspecified atom stereocenters. The summed E-state index contributed by atoms with van der Waals surface area (Å²) in [6.07, 6.45) is 0. The van der Waals surface area contributed by atoms with Crippen molar-refractivity contribution in [1.29, 1.82) is 0 Å². The highest BCUT2D eigenvalue weighted by Crippen LogP contribution is 2.34. The third-order valence-corrected chi connectivity index (χ3v) is 4.42. The van der Waals surface area contributed by atoms with Crippen LogP contribution in [-0.2, 0) is 0 Å². The lowest BCUT2D eigenvalue weighted by Crippen LogP contribution is -1.91. The van der Waals surface area contributed by atoms with Crippen LogP contribution >= 0.6 is 0 Å². The number of nitrogens with two attached hydrogens (primary N) is 1. The maximum Gasteiger partial charge on any atom is 0.0393 e. The van der Waals surface area contributed by atoms with Gasteiger partial charge >= 0.3 is 0 Å². The third kappa shape index (κ3) is 3.17. The van der Waals surface area contributed by atoms with Crippen molar-refractivity contribution in [3.63, 3.8) is 0 Å². The molecule has 1 heteroatoms. The number of anilines is 1. The lowest BCUT2D eigenvalue weighted by molar-refractivity contribution is 1.56. The number of hydrogen-bond donors (Lipinski definition) is 1. The fraction of sp³-hybridized carbons (Fsp3) is 0. The summed E-state index contributed by atoms with van der Waals surface area (Å²) in [6.45, 7) is 0. The Balaban J connectivity index is 1.94. The van der Waals surface area contributed by atoms with Crippen molar-refractivity contribution >= 4 is 5.69 Å². The van der Waals surface area contributed by atoms with Crippen molar-refractivity contribution in [1.82, 2.24) is 0 Å². The van der Waals surface area contributed by atoms with Gasteiger partial charge in [0.2, 0.25) is 0 Å². The molecule has 4 rings (SSSR count). The van der Waals surface area contributed by atoms with E-state index in [2.05, 4.69) is 72.8 Å². The molecule has 2 N–H and O–H groups in total. The fourth-order valence-corrected chi connectivity index (χ4v) is 3.14. The minimum atomic E-state index is 0.798. The summed E-state index contributed by atoms with van der Waals surface area (Å²) in [5.41, 5.74) is 14.0. The average molecular weight is 321 g/mol. The summed E-state index contributed by atoms with van der Waals surface area (Å²) in [6, 6.07) is 35.6. The summed E-state index contributed by atoms with van der Waals surface area (Å²) >= 11 is 0. The molecule has 0 radical (unpaired) electrons. The minimum Gasteiger partial charge on any atom is -0.398 e. The van der Waals surface area contributed by atoms with Crippen LogP contribution in [0.4, 0.5) is 5.69 Å². The molecule has 0 aliphatic rings. The van der Waals surface area contributed by atoms with Crippen LogP contribution in [0.1, 0.15) is 0 Å². The number of rotatable bonds is 3. The van der Waals surface area contributed by atoms with E-state index in [9.17, 15) is 0 Å². The zero-order valence-corrected chi connectivity index (χ0v) is 13.9. The van der Waals surface area contributed by atoms with Crippen molar-refractivity contribution in [2.75, 3.05) is 5.73 Å². The standard InChI is InChI=1S/C24H19N/c25-24-14-8-7-13-23(24)22-16-20(18-9-3-1-4-10-18)15-21(17-22)19-11-5-2-6-12-19/h1-17H,25H2. The van der Waals surface area contributed by atoms with E-state index >= 15 is 0 Å². The quantitative estimate of drug-likeness (QED) is 0.442. The van der Waals surface area contributed by atoms with E-state index in [1.807, 2.05) is 30.3 Å². The highest BCUT2D eigenvalue weighted by molar-refractivity contribution is 5.85. The molecule has 0 aliphatic heterocycles. The molecule has 0 bridgehead atoms. The molecule has 0 aromatic heterocycles. The second kappa shape index (κ2) is 6.66. The lowest BCUT2D eigenvalue weighted by atomic mass is 9.93. The van der Waals surface area contributed by atoms with Crippen molar-refractivity contribution in [2.45, 2.75) is 0 Å². The molecule has 0 spiro atoms. The summed E-state index contributed by atoms with van der Waals surface area (Å²) in [7, 11) is 0. The Bertz CT molecular complexity index is 931. The summed E-state index contributed by atoms with van der Waals surface area (Å²) in [5.74, 6) is 0. The molecular weight excluding hydrogens is 302 g/mol. The van der Waals surface area contributed by atoms with Gasteiger partial charge in [0, 0.05) is 11.3 Å². The van der Waals surface area contributed by atoms with Gasteiger partial charge < -0.3 is 5.73 Å². The van der Waals surface area contributed by atoms with E-state index in [4.69, 9.17) is 5.73 Å². The second-order valence-electron chi connectivity index (χ2n) is 6.12. The van der Waals surface area contributed by atoms with Crippen molar-refractivity contribution in [3.05, 3.63) is 103 Å². The summed E-state index contributed by atoms with van der Waals surface area (Å²) in [5, 5.41) is 0. The largest absolute Gasteiger partial charge is 0.398 e. The smallest absolute Gasteiger partial charge is 0.0393 e. The Labute approximate surface area is 148 Å². The number of para-hydroxylation sites is 1. The Hall–Kier alpha value is -3.32. The number of nitrogen functional groups attached to an aromatic ring is 1. The Kier molecular flexibility index (Phi) is 4.05. The zero-order chi connectivity index (χ0) is 17.1. The zero-order valence-electron chi connectivity index (χ0n) is 13.9. The highest BCUT2D eigenvalue weighted by atomic mass is 14.6. The van der Waals surface area contributed by atoms with Gasteiger partial charge in [-0.05, 0) is 52.1 Å². The van der Waals surface area contributed by atoms with Gasteiger partial charge in [0.15, 0.2) is 0 Å². The molecule has 0 aliphatic carbocycles. The maximum atomic E-state index is 6.23.